The molecule has 0 aromatic heterocycles. The largest absolute Gasteiger partial charge is 0.507 e. The minimum Gasteiger partial charge on any atom is -0.507 e. The van der Waals surface area contributed by atoms with Crippen LogP contribution in [0.4, 0.5) is 0 Å². The van der Waals surface area contributed by atoms with Gasteiger partial charge in [0.2, 0.25) is 0 Å². The Labute approximate surface area is 165 Å². The van der Waals surface area contributed by atoms with Crippen LogP contribution in [-0.2, 0) is 22.6 Å². The molecule has 6 heteroatoms. The standard InChI is InChI=1S/C22H28O6/c1-13(6-5-7-14(2)9-11-18(23)24)8-10-16-20(25)19-17(12-28-22(19)26)15(3)21(16)27-4/h8-9,25H,5-7,10-12H2,1-4H3,(H,23,24)/b13-8+,14-9+. The van der Waals surface area contributed by atoms with E-state index in [0.29, 0.717) is 23.3 Å². The molecule has 1 aromatic rings. The van der Waals surface area contributed by atoms with Crippen LogP contribution in [0.3, 0.4) is 0 Å². The number of fused-ring (bicyclic) bond motifs is 1. The maximum absolute atomic E-state index is 11.9. The number of benzene rings is 1. The molecule has 2 rings (SSSR count). The third-order valence-corrected chi connectivity index (χ3v) is 5.07. The normalized spacial score (nSPS) is 14.1. The molecule has 0 fully saturated rings. The second-order valence-corrected chi connectivity index (χ2v) is 7.17. The Morgan fingerprint density at radius 1 is 1.21 bits per heavy atom. The first-order chi connectivity index (χ1) is 13.3. The van der Waals surface area contributed by atoms with E-state index in [2.05, 4.69) is 0 Å². The second kappa shape index (κ2) is 9.44. The van der Waals surface area contributed by atoms with E-state index in [1.54, 1.807) is 13.2 Å². The summed E-state index contributed by atoms with van der Waals surface area (Å²) in [6.07, 6.45) is 6.92. The molecule has 1 aliphatic rings. The number of phenols is 1. The third kappa shape index (κ3) is 4.94. The van der Waals surface area contributed by atoms with Crippen molar-refractivity contribution >= 4 is 11.9 Å². The van der Waals surface area contributed by atoms with E-state index in [-0.39, 0.29) is 24.3 Å². The molecule has 0 radical (unpaired) electrons. The highest BCUT2D eigenvalue weighted by Crippen LogP contribution is 2.42. The first-order valence-electron chi connectivity index (χ1n) is 9.37. The van der Waals surface area contributed by atoms with Crippen molar-refractivity contribution in [2.45, 2.75) is 59.5 Å². The number of rotatable bonds is 9. The van der Waals surface area contributed by atoms with Crippen molar-refractivity contribution in [1.82, 2.24) is 0 Å². The molecule has 1 aromatic carbocycles. The lowest BCUT2D eigenvalue weighted by molar-refractivity contribution is -0.136. The monoisotopic (exact) mass is 388 g/mol. The molecule has 2 N–H and O–H groups in total. The lowest BCUT2D eigenvalue weighted by Gasteiger charge is -2.15. The summed E-state index contributed by atoms with van der Waals surface area (Å²) in [4.78, 5) is 22.5. The van der Waals surface area contributed by atoms with Crippen LogP contribution in [0.2, 0.25) is 0 Å². The fourth-order valence-electron chi connectivity index (χ4n) is 3.42. The summed E-state index contributed by atoms with van der Waals surface area (Å²) < 4.78 is 10.6. The van der Waals surface area contributed by atoms with Crippen molar-refractivity contribution in [2.24, 2.45) is 0 Å². The molecular weight excluding hydrogens is 360 g/mol. The Balaban J connectivity index is 2.08. The van der Waals surface area contributed by atoms with Gasteiger partial charge < -0.3 is 19.7 Å². The summed E-state index contributed by atoms with van der Waals surface area (Å²) in [6, 6.07) is 0. The van der Waals surface area contributed by atoms with Crippen LogP contribution in [0.15, 0.2) is 23.3 Å². The molecule has 1 heterocycles. The summed E-state index contributed by atoms with van der Waals surface area (Å²) in [5, 5.41) is 19.3. The lowest BCUT2D eigenvalue weighted by Crippen LogP contribution is -2.03. The van der Waals surface area contributed by atoms with Gasteiger partial charge in [0.15, 0.2) is 0 Å². The Hall–Kier alpha value is -2.76. The Kier molecular flexibility index (Phi) is 7.26. The number of carboxylic acids is 1. The summed E-state index contributed by atoms with van der Waals surface area (Å²) in [5.74, 6) is -0.788. The number of carbonyl (C=O) groups is 2. The number of aliphatic carboxylic acids is 1. The maximum Gasteiger partial charge on any atom is 0.342 e. The number of cyclic esters (lactones) is 1. The number of allylic oxidation sites excluding steroid dienone is 3. The van der Waals surface area contributed by atoms with Gasteiger partial charge in [-0.05, 0) is 52.0 Å². The van der Waals surface area contributed by atoms with Crippen LogP contribution < -0.4 is 4.74 Å². The lowest BCUT2D eigenvalue weighted by atomic mass is 9.94. The zero-order valence-electron chi connectivity index (χ0n) is 16.9. The van der Waals surface area contributed by atoms with E-state index >= 15 is 0 Å². The van der Waals surface area contributed by atoms with Crippen molar-refractivity contribution in [3.63, 3.8) is 0 Å². The van der Waals surface area contributed by atoms with E-state index in [0.717, 1.165) is 36.0 Å². The highest BCUT2D eigenvalue weighted by molar-refractivity contribution is 5.98. The van der Waals surface area contributed by atoms with E-state index in [4.69, 9.17) is 14.6 Å². The molecule has 0 unspecified atom stereocenters. The van der Waals surface area contributed by atoms with Gasteiger partial charge in [-0.15, -0.1) is 0 Å². The third-order valence-electron chi connectivity index (χ3n) is 5.07. The van der Waals surface area contributed by atoms with Crippen molar-refractivity contribution < 1.29 is 29.3 Å². The van der Waals surface area contributed by atoms with Crippen molar-refractivity contribution in [1.29, 1.82) is 0 Å². The quantitative estimate of drug-likeness (QED) is 0.479. The first kappa shape index (κ1) is 21.5. The van der Waals surface area contributed by atoms with Crippen molar-refractivity contribution in [3.8, 4) is 11.5 Å². The molecule has 0 saturated carbocycles. The van der Waals surface area contributed by atoms with Gasteiger partial charge in [-0.1, -0.05) is 23.3 Å². The SMILES string of the molecule is COc1c(C)c2c(c(O)c1C/C=C(\C)CCC/C(C)=C/CC(=O)O)C(=O)OC2. The minimum absolute atomic E-state index is 0.0554. The summed E-state index contributed by atoms with van der Waals surface area (Å²) in [6.45, 7) is 5.99. The van der Waals surface area contributed by atoms with Crippen LogP contribution in [0, 0.1) is 6.92 Å². The molecule has 0 amide bonds. The van der Waals surface area contributed by atoms with Gasteiger partial charge in [-0.2, -0.15) is 0 Å². The van der Waals surface area contributed by atoms with Gasteiger partial charge in [0.1, 0.15) is 23.7 Å². The van der Waals surface area contributed by atoms with Crippen LogP contribution in [0.25, 0.3) is 0 Å². The topological polar surface area (TPSA) is 93.1 Å². The summed E-state index contributed by atoms with van der Waals surface area (Å²) >= 11 is 0. The number of ether oxygens (including phenoxy) is 2. The molecule has 0 spiro atoms. The summed E-state index contributed by atoms with van der Waals surface area (Å²) in [7, 11) is 1.55. The van der Waals surface area contributed by atoms with Crippen LogP contribution in [0.5, 0.6) is 11.5 Å². The van der Waals surface area contributed by atoms with Gasteiger partial charge in [0, 0.05) is 11.1 Å². The number of hydrogen-bond donors (Lipinski definition) is 2. The van der Waals surface area contributed by atoms with Crippen LogP contribution in [-0.4, -0.2) is 29.3 Å². The minimum atomic E-state index is -0.822. The molecule has 0 aliphatic carbocycles. The number of esters is 1. The average molecular weight is 388 g/mol. The molecule has 6 nitrogen and oxygen atoms in total. The van der Waals surface area contributed by atoms with Gasteiger partial charge >= 0.3 is 11.9 Å². The Bertz CT molecular complexity index is 832. The van der Waals surface area contributed by atoms with Crippen LogP contribution in [0.1, 0.15) is 66.6 Å². The number of carbonyl (C=O) groups excluding carboxylic acids is 1. The van der Waals surface area contributed by atoms with Crippen molar-refractivity contribution in [2.75, 3.05) is 7.11 Å². The zero-order valence-corrected chi connectivity index (χ0v) is 16.9. The van der Waals surface area contributed by atoms with E-state index in [1.165, 1.54) is 0 Å². The maximum atomic E-state index is 11.9. The molecule has 0 bridgehead atoms. The van der Waals surface area contributed by atoms with E-state index in [1.807, 2.05) is 26.8 Å². The molecular formula is C22H28O6. The Morgan fingerprint density at radius 3 is 2.46 bits per heavy atom. The predicted molar refractivity (Wildman–Crippen MR) is 106 cm³/mol. The van der Waals surface area contributed by atoms with Gasteiger partial charge in [-0.25, -0.2) is 4.79 Å². The second-order valence-electron chi connectivity index (χ2n) is 7.17. The van der Waals surface area contributed by atoms with Gasteiger partial charge in [-0.3, -0.25) is 4.79 Å². The smallest absolute Gasteiger partial charge is 0.342 e. The number of carboxylic acid groups (broad SMARTS) is 1. The van der Waals surface area contributed by atoms with Gasteiger partial charge in [0.05, 0.1) is 13.5 Å². The first-order valence-corrected chi connectivity index (χ1v) is 9.37. The predicted octanol–water partition coefficient (Wildman–Crippen LogP) is 4.46. The molecule has 1 aliphatic heterocycles. The van der Waals surface area contributed by atoms with Crippen molar-refractivity contribution in [3.05, 3.63) is 45.6 Å². The highest BCUT2D eigenvalue weighted by Gasteiger charge is 2.31. The van der Waals surface area contributed by atoms with E-state index < -0.39 is 11.9 Å². The number of hydrogen-bond acceptors (Lipinski definition) is 5. The number of aromatic hydroxyl groups is 1. The average Bonchev–Trinajstić information content (AvgIpc) is 3.03. The van der Waals surface area contributed by atoms with Gasteiger partial charge in [0.25, 0.3) is 0 Å². The fraction of sp³-hybridized carbons (Fsp3) is 0.455. The Morgan fingerprint density at radius 2 is 1.86 bits per heavy atom. The zero-order chi connectivity index (χ0) is 20.8. The van der Waals surface area contributed by atoms with E-state index in [9.17, 15) is 14.7 Å². The molecule has 0 atom stereocenters. The van der Waals surface area contributed by atoms with Crippen LogP contribution >= 0.6 is 0 Å². The molecule has 152 valence electrons. The number of phenolic OH excluding ortho intramolecular Hbond substituents is 1. The molecule has 0 saturated heterocycles. The number of methoxy groups -OCH3 is 1. The molecule has 28 heavy (non-hydrogen) atoms. The fourth-order valence-corrected chi connectivity index (χ4v) is 3.42. The highest BCUT2D eigenvalue weighted by atomic mass is 16.5. The summed E-state index contributed by atoms with van der Waals surface area (Å²) in [5.41, 5.74) is 4.58.